The maximum Gasteiger partial charge on any atom is 0.0945 e. The molecule has 0 atom stereocenters. The van der Waals surface area contributed by atoms with Crippen LogP contribution in [0.4, 0.5) is 0 Å². The van der Waals surface area contributed by atoms with Crippen molar-refractivity contribution >= 4 is 0 Å². The molecule has 0 saturated carbocycles. The fourth-order valence-electron chi connectivity index (χ4n) is 1.40. The predicted octanol–water partition coefficient (Wildman–Crippen LogP) is 4.39. The molecule has 0 unspecified atom stereocenters. The van der Waals surface area contributed by atoms with Crippen LogP contribution in [0.1, 0.15) is 53.9 Å². The van der Waals surface area contributed by atoms with Crippen LogP contribution in [-0.2, 0) is 4.74 Å². The van der Waals surface area contributed by atoms with E-state index >= 15 is 0 Å². The quantitative estimate of drug-likeness (QED) is 0.435. The Hall–Kier alpha value is -0.460. The second-order valence-electron chi connectivity index (χ2n) is 4.52. The molecule has 14 heavy (non-hydrogen) atoms. The molecule has 0 aliphatic rings. The Bertz CT molecular complexity index is 157. The zero-order valence-electron chi connectivity index (χ0n) is 10.5. The van der Waals surface area contributed by atoms with Crippen molar-refractivity contribution < 1.29 is 4.74 Å². The number of rotatable bonds is 7. The fraction of sp³-hybridized carbons (Fsp3) is 0.846. The third-order valence-corrected chi connectivity index (χ3v) is 2.21. The van der Waals surface area contributed by atoms with E-state index in [2.05, 4.69) is 33.8 Å². The third kappa shape index (κ3) is 6.99. The molecule has 0 radical (unpaired) electrons. The van der Waals surface area contributed by atoms with Crippen LogP contribution in [0.2, 0.25) is 0 Å². The van der Waals surface area contributed by atoms with Crippen LogP contribution in [0.15, 0.2) is 11.8 Å². The van der Waals surface area contributed by atoms with Gasteiger partial charge in [0.1, 0.15) is 0 Å². The Morgan fingerprint density at radius 1 is 1.21 bits per heavy atom. The summed E-state index contributed by atoms with van der Waals surface area (Å²) in [6.45, 7) is 11.7. The molecule has 0 amide bonds. The van der Waals surface area contributed by atoms with Crippen LogP contribution >= 0.6 is 0 Å². The van der Waals surface area contributed by atoms with Crippen LogP contribution < -0.4 is 0 Å². The molecule has 0 aliphatic carbocycles. The highest BCUT2D eigenvalue weighted by Crippen LogP contribution is 2.14. The molecule has 1 nitrogen and oxygen atoms in total. The monoisotopic (exact) mass is 198 g/mol. The summed E-state index contributed by atoms with van der Waals surface area (Å²) in [5.41, 5.74) is 0. The zero-order chi connectivity index (χ0) is 11.0. The Labute approximate surface area is 89.5 Å². The maximum atomic E-state index is 5.57. The Morgan fingerprint density at radius 3 is 2.29 bits per heavy atom. The number of ether oxygens (including phenoxy) is 1. The number of unbranched alkanes of at least 4 members (excludes halogenated alkanes) is 1. The van der Waals surface area contributed by atoms with Gasteiger partial charge in [0.2, 0.25) is 0 Å². The Kier molecular flexibility index (Phi) is 7.64. The van der Waals surface area contributed by atoms with Crippen LogP contribution in [0, 0.1) is 11.8 Å². The van der Waals surface area contributed by atoms with E-state index in [-0.39, 0.29) is 0 Å². The summed E-state index contributed by atoms with van der Waals surface area (Å²) < 4.78 is 5.57. The standard InChI is InChI=1S/C13H26O/c1-6-14-13(12(4)5)10-8-7-9-11(2)3/h10-12H,6-9H2,1-5H3/b13-10-. The Balaban J connectivity index is 3.79. The first-order chi connectivity index (χ1) is 6.57. The van der Waals surface area contributed by atoms with E-state index in [1.165, 1.54) is 12.8 Å². The van der Waals surface area contributed by atoms with E-state index in [1.54, 1.807) is 0 Å². The molecule has 0 heterocycles. The van der Waals surface area contributed by atoms with E-state index < -0.39 is 0 Å². The summed E-state index contributed by atoms with van der Waals surface area (Å²) in [5, 5.41) is 0. The Morgan fingerprint density at radius 2 is 1.86 bits per heavy atom. The third-order valence-electron chi connectivity index (χ3n) is 2.21. The van der Waals surface area contributed by atoms with E-state index in [0.29, 0.717) is 5.92 Å². The number of hydrogen-bond acceptors (Lipinski definition) is 1. The molecule has 0 aromatic heterocycles. The van der Waals surface area contributed by atoms with Gasteiger partial charge < -0.3 is 4.74 Å². The summed E-state index contributed by atoms with van der Waals surface area (Å²) in [5.74, 6) is 2.50. The second-order valence-corrected chi connectivity index (χ2v) is 4.52. The number of allylic oxidation sites excluding steroid dienone is 2. The minimum atomic E-state index is 0.522. The van der Waals surface area contributed by atoms with Crippen molar-refractivity contribution in [2.75, 3.05) is 6.61 Å². The van der Waals surface area contributed by atoms with E-state index in [0.717, 1.165) is 24.7 Å². The zero-order valence-corrected chi connectivity index (χ0v) is 10.5. The van der Waals surface area contributed by atoms with Gasteiger partial charge in [0, 0.05) is 5.92 Å². The van der Waals surface area contributed by atoms with Gasteiger partial charge >= 0.3 is 0 Å². The predicted molar refractivity (Wildman–Crippen MR) is 63.2 cm³/mol. The molecule has 0 spiro atoms. The van der Waals surface area contributed by atoms with Gasteiger partial charge in [0.05, 0.1) is 12.4 Å². The largest absolute Gasteiger partial charge is 0.498 e. The first-order valence-electron chi connectivity index (χ1n) is 5.90. The van der Waals surface area contributed by atoms with Crippen molar-refractivity contribution in [1.29, 1.82) is 0 Å². The first kappa shape index (κ1) is 13.5. The van der Waals surface area contributed by atoms with Gasteiger partial charge in [-0.05, 0) is 31.8 Å². The normalized spacial score (nSPS) is 12.6. The lowest BCUT2D eigenvalue weighted by Gasteiger charge is -2.12. The number of hydrogen-bond donors (Lipinski definition) is 0. The summed E-state index contributed by atoms with van der Waals surface area (Å²) in [6, 6.07) is 0. The van der Waals surface area contributed by atoms with Crippen molar-refractivity contribution in [3.05, 3.63) is 11.8 Å². The van der Waals surface area contributed by atoms with E-state index in [1.807, 2.05) is 6.92 Å². The average Bonchev–Trinajstić information content (AvgIpc) is 2.09. The van der Waals surface area contributed by atoms with Crippen LogP contribution in [0.3, 0.4) is 0 Å². The minimum Gasteiger partial charge on any atom is -0.498 e. The first-order valence-corrected chi connectivity index (χ1v) is 5.90. The molecule has 0 rings (SSSR count). The minimum absolute atomic E-state index is 0.522. The lowest BCUT2D eigenvalue weighted by atomic mass is 10.0. The molecular weight excluding hydrogens is 172 g/mol. The van der Waals surface area contributed by atoms with Crippen LogP contribution in [0.5, 0.6) is 0 Å². The van der Waals surface area contributed by atoms with Gasteiger partial charge in [0.15, 0.2) is 0 Å². The topological polar surface area (TPSA) is 9.23 Å². The maximum absolute atomic E-state index is 5.57. The van der Waals surface area contributed by atoms with Crippen LogP contribution in [0.25, 0.3) is 0 Å². The van der Waals surface area contributed by atoms with Gasteiger partial charge in [-0.2, -0.15) is 0 Å². The van der Waals surface area contributed by atoms with Crippen molar-refractivity contribution in [2.24, 2.45) is 11.8 Å². The fourth-order valence-corrected chi connectivity index (χ4v) is 1.40. The molecule has 0 aliphatic heterocycles. The molecule has 0 saturated heterocycles. The summed E-state index contributed by atoms with van der Waals surface area (Å²) in [4.78, 5) is 0. The molecule has 0 bridgehead atoms. The smallest absolute Gasteiger partial charge is 0.0945 e. The van der Waals surface area contributed by atoms with E-state index in [4.69, 9.17) is 4.74 Å². The van der Waals surface area contributed by atoms with Crippen molar-refractivity contribution in [1.82, 2.24) is 0 Å². The van der Waals surface area contributed by atoms with Crippen molar-refractivity contribution in [3.63, 3.8) is 0 Å². The molecule has 84 valence electrons. The van der Waals surface area contributed by atoms with Gasteiger partial charge in [-0.1, -0.05) is 34.1 Å². The van der Waals surface area contributed by atoms with E-state index in [9.17, 15) is 0 Å². The van der Waals surface area contributed by atoms with Gasteiger partial charge in [0.25, 0.3) is 0 Å². The summed E-state index contributed by atoms with van der Waals surface area (Å²) in [7, 11) is 0. The van der Waals surface area contributed by atoms with Crippen molar-refractivity contribution in [3.8, 4) is 0 Å². The summed E-state index contributed by atoms with van der Waals surface area (Å²) >= 11 is 0. The molecule has 1 heteroatoms. The van der Waals surface area contributed by atoms with Crippen LogP contribution in [-0.4, -0.2) is 6.61 Å². The molecular formula is C13H26O. The highest BCUT2D eigenvalue weighted by Gasteiger charge is 2.02. The van der Waals surface area contributed by atoms with Crippen molar-refractivity contribution in [2.45, 2.75) is 53.9 Å². The molecule has 0 aromatic carbocycles. The molecule has 0 N–H and O–H groups in total. The highest BCUT2D eigenvalue weighted by molar-refractivity contribution is 4.95. The summed E-state index contributed by atoms with van der Waals surface area (Å²) in [6.07, 6.45) is 6.01. The van der Waals surface area contributed by atoms with Gasteiger partial charge in [-0.15, -0.1) is 0 Å². The van der Waals surface area contributed by atoms with Gasteiger partial charge in [-0.25, -0.2) is 0 Å². The lowest BCUT2D eigenvalue weighted by molar-refractivity contribution is 0.198. The SMILES string of the molecule is CCO/C(=C\CCCC(C)C)C(C)C. The second kappa shape index (κ2) is 7.90. The lowest BCUT2D eigenvalue weighted by Crippen LogP contribution is -1.99. The average molecular weight is 198 g/mol. The highest BCUT2D eigenvalue weighted by atomic mass is 16.5. The van der Waals surface area contributed by atoms with Gasteiger partial charge in [-0.3, -0.25) is 0 Å². The molecule has 0 fully saturated rings. The molecule has 0 aromatic rings.